The highest BCUT2D eigenvalue weighted by Gasteiger charge is 2.09. The summed E-state index contributed by atoms with van der Waals surface area (Å²) < 4.78 is 17.8. The van der Waals surface area contributed by atoms with E-state index in [4.69, 9.17) is 10.2 Å². The van der Waals surface area contributed by atoms with Crippen molar-refractivity contribution < 1.29 is 18.4 Å². The van der Waals surface area contributed by atoms with Crippen molar-refractivity contribution >= 4 is 24.2 Å². The Labute approximate surface area is 145 Å². The fourth-order valence-corrected chi connectivity index (χ4v) is 1.90. The van der Waals surface area contributed by atoms with E-state index in [0.29, 0.717) is 36.4 Å². The van der Waals surface area contributed by atoms with Gasteiger partial charge in [-0.05, 0) is 36.8 Å². The minimum Gasteiger partial charge on any atom is -0.467 e. The van der Waals surface area contributed by atoms with Gasteiger partial charge in [0.25, 0.3) is 11.8 Å². The third-order valence-electron chi connectivity index (χ3n) is 3.15. The first-order valence-corrected chi connectivity index (χ1v) is 7.19. The van der Waals surface area contributed by atoms with Gasteiger partial charge in [0, 0.05) is 18.7 Å². The molecule has 24 heavy (non-hydrogen) atoms. The molecule has 0 aliphatic rings. The van der Waals surface area contributed by atoms with Crippen LogP contribution < -0.4 is 16.4 Å². The van der Waals surface area contributed by atoms with Gasteiger partial charge in [-0.1, -0.05) is 0 Å². The summed E-state index contributed by atoms with van der Waals surface area (Å²) in [6, 6.07) is 6.89. The first-order chi connectivity index (χ1) is 11.1. The first kappa shape index (κ1) is 19.7. The van der Waals surface area contributed by atoms with E-state index in [-0.39, 0.29) is 36.6 Å². The molecule has 0 radical (unpaired) electrons. The Hall–Kier alpha value is -2.38. The number of hydrogen-bond donors (Lipinski definition) is 3. The number of rotatable bonds is 7. The molecule has 0 unspecified atom stereocenters. The number of carbonyl (C=O) groups is 2. The van der Waals surface area contributed by atoms with Gasteiger partial charge in [0.2, 0.25) is 0 Å². The molecule has 0 fully saturated rings. The van der Waals surface area contributed by atoms with Gasteiger partial charge < -0.3 is 20.8 Å². The molecule has 0 saturated heterocycles. The van der Waals surface area contributed by atoms with Crippen molar-refractivity contribution in [3.63, 3.8) is 0 Å². The Morgan fingerprint density at radius 2 is 1.62 bits per heavy atom. The Morgan fingerprint density at radius 3 is 2.17 bits per heavy atom. The molecule has 0 aliphatic carbocycles. The molecule has 0 atom stereocenters. The Bertz CT molecular complexity index is 673. The van der Waals surface area contributed by atoms with E-state index in [0.717, 1.165) is 0 Å². The molecule has 2 amide bonds. The molecular formula is C16H19ClFN3O3. The highest BCUT2D eigenvalue weighted by atomic mass is 35.5. The van der Waals surface area contributed by atoms with Gasteiger partial charge in [-0.2, -0.15) is 0 Å². The summed E-state index contributed by atoms with van der Waals surface area (Å²) in [7, 11) is 0. The van der Waals surface area contributed by atoms with Gasteiger partial charge in [0.05, 0.1) is 12.1 Å². The number of nitrogens with two attached hydrogens (primary N) is 1. The van der Waals surface area contributed by atoms with Crippen LogP contribution in [0.4, 0.5) is 4.39 Å². The number of amides is 2. The van der Waals surface area contributed by atoms with Gasteiger partial charge in [-0.15, -0.1) is 12.4 Å². The average Bonchev–Trinajstić information content (AvgIpc) is 3.04. The van der Waals surface area contributed by atoms with Crippen LogP contribution in [0.2, 0.25) is 0 Å². The maximum absolute atomic E-state index is 12.8. The minimum atomic E-state index is -0.388. The maximum atomic E-state index is 12.8. The van der Waals surface area contributed by atoms with Crippen molar-refractivity contribution in [2.24, 2.45) is 5.73 Å². The van der Waals surface area contributed by atoms with E-state index < -0.39 is 0 Å². The van der Waals surface area contributed by atoms with E-state index in [2.05, 4.69) is 10.6 Å². The SMILES string of the molecule is Cl.NCc1cc(C(=O)NCCCNC(=O)c2ccc(F)cc2)co1. The number of furan rings is 1. The van der Waals surface area contributed by atoms with Crippen LogP contribution in [0.15, 0.2) is 41.0 Å². The molecule has 1 aromatic carbocycles. The third kappa shape index (κ3) is 5.68. The Morgan fingerprint density at radius 1 is 1.04 bits per heavy atom. The van der Waals surface area contributed by atoms with E-state index >= 15 is 0 Å². The first-order valence-electron chi connectivity index (χ1n) is 7.19. The van der Waals surface area contributed by atoms with Crippen LogP contribution in [0, 0.1) is 5.82 Å². The van der Waals surface area contributed by atoms with E-state index in [1.54, 1.807) is 6.07 Å². The van der Waals surface area contributed by atoms with Crippen LogP contribution in [0.5, 0.6) is 0 Å². The lowest BCUT2D eigenvalue weighted by Gasteiger charge is -2.06. The standard InChI is InChI=1S/C16H18FN3O3.ClH/c17-13-4-2-11(3-5-13)15(21)19-6-1-7-20-16(22)12-8-14(9-18)23-10-12;/h2-5,8,10H,1,6-7,9,18H2,(H,19,21)(H,20,22);1H. The second-order valence-electron chi connectivity index (χ2n) is 4.88. The summed E-state index contributed by atoms with van der Waals surface area (Å²) in [5.41, 5.74) is 6.21. The van der Waals surface area contributed by atoms with Crippen LogP contribution in [-0.4, -0.2) is 24.9 Å². The maximum Gasteiger partial charge on any atom is 0.254 e. The van der Waals surface area contributed by atoms with Gasteiger partial charge in [0.1, 0.15) is 17.8 Å². The molecule has 0 spiro atoms. The zero-order valence-corrected chi connectivity index (χ0v) is 13.7. The quantitative estimate of drug-likeness (QED) is 0.660. The molecule has 0 saturated carbocycles. The Balaban J connectivity index is 0.00000288. The normalized spacial score (nSPS) is 9.92. The molecule has 1 aromatic heterocycles. The van der Waals surface area contributed by atoms with Crippen molar-refractivity contribution in [2.75, 3.05) is 13.1 Å². The van der Waals surface area contributed by atoms with Crippen LogP contribution in [0.25, 0.3) is 0 Å². The van der Waals surface area contributed by atoms with Crippen molar-refractivity contribution in [1.82, 2.24) is 10.6 Å². The lowest BCUT2D eigenvalue weighted by molar-refractivity contribution is 0.0951. The summed E-state index contributed by atoms with van der Waals surface area (Å²) in [6.07, 6.45) is 1.92. The summed E-state index contributed by atoms with van der Waals surface area (Å²) in [5.74, 6) is -0.375. The predicted molar refractivity (Wildman–Crippen MR) is 89.5 cm³/mol. The zero-order valence-electron chi connectivity index (χ0n) is 12.9. The molecule has 0 bridgehead atoms. The Kier molecular flexibility index (Phi) is 7.94. The van der Waals surface area contributed by atoms with Gasteiger partial charge >= 0.3 is 0 Å². The van der Waals surface area contributed by atoms with Crippen LogP contribution >= 0.6 is 12.4 Å². The van der Waals surface area contributed by atoms with Gasteiger partial charge in [-0.25, -0.2) is 4.39 Å². The second-order valence-corrected chi connectivity index (χ2v) is 4.88. The lowest BCUT2D eigenvalue weighted by atomic mass is 10.2. The molecule has 2 aromatic rings. The van der Waals surface area contributed by atoms with E-state index in [1.807, 2.05) is 0 Å². The van der Waals surface area contributed by atoms with Gasteiger partial charge in [-0.3, -0.25) is 9.59 Å². The average molecular weight is 356 g/mol. The van der Waals surface area contributed by atoms with Crippen LogP contribution in [-0.2, 0) is 6.54 Å². The third-order valence-corrected chi connectivity index (χ3v) is 3.15. The molecule has 130 valence electrons. The van der Waals surface area contributed by atoms with Crippen LogP contribution in [0.3, 0.4) is 0 Å². The molecule has 4 N–H and O–H groups in total. The monoisotopic (exact) mass is 355 g/mol. The fraction of sp³-hybridized carbons (Fsp3) is 0.250. The number of nitrogens with one attached hydrogen (secondary N) is 2. The molecule has 1 heterocycles. The largest absolute Gasteiger partial charge is 0.467 e. The van der Waals surface area contributed by atoms with Crippen LogP contribution in [0.1, 0.15) is 32.9 Å². The van der Waals surface area contributed by atoms with Crippen molar-refractivity contribution in [3.8, 4) is 0 Å². The molecular weight excluding hydrogens is 337 g/mol. The highest BCUT2D eigenvalue weighted by molar-refractivity contribution is 5.94. The second kappa shape index (κ2) is 9.69. The minimum absolute atomic E-state index is 0. The zero-order chi connectivity index (χ0) is 16.7. The van der Waals surface area contributed by atoms with E-state index in [1.165, 1.54) is 30.5 Å². The molecule has 2 rings (SSSR count). The molecule has 6 nitrogen and oxygen atoms in total. The summed E-state index contributed by atoms with van der Waals surface area (Å²) in [5, 5.41) is 5.41. The predicted octanol–water partition coefficient (Wildman–Crippen LogP) is 1.85. The highest BCUT2D eigenvalue weighted by Crippen LogP contribution is 2.06. The summed E-state index contributed by atoms with van der Waals surface area (Å²) in [4.78, 5) is 23.6. The smallest absolute Gasteiger partial charge is 0.254 e. The van der Waals surface area contributed by atoms with Gasteiger partial charge in [0.15, 0.2) is 0 Å². The number of carbonyl (C=O) groups excluding carboxylic acids is 2. The molecule has 0 aliphatic heterocycles. The number of halogens is 2. The van der Waals surface area contributed by atoms with Crippen molar-refractivity contribution in [3.05, 3.63) is 59.3 Å². The fourth-order valence-electron chi connectivity index (χ4n) is 1.90. The van der Waals surface area contributed by atoms with E-state index in [9.17, 15) is 14.0 Å². The topological polar surface area (TPSA) is 97.4 Å². The number of benzene rings is 1. The lowest BCUT2D eigenvalue weighted by Crippen LogP contribution is -2.29. The summed E-state index contributed by atoms with van der Waals surface area (Å²) in [6.45, 7) is 1.05. The van der Waals surface area contributed by atoms with Crippen molar-refractivity contribution in [2.45, 2.75) is 13.0 Å². The van der Waals surface area contributed by atoms with Crippen molar-refractivity contribution in [1.29, 1.82) is 0 Å². The summed E-state index contributed by atoms with van der Waals surface area (Å²) >= 11 is 0. The number of hydrogen-bond acceptors (Lipinski definition) is 4. The molecule has 8 heteroatoms.